The van der Waals surface area contributed by atoms with Gasteiger partial charge in [0.15, 0.2) is 5.16 Å². The highest BCUT2D eigenvalue weighted by atomic mass is 32.2. The molecule has 0 saturated heterocycles. The third-order valence-corrected chi connectivity index (χ3v) is 6.56. The van der Waals surface area contributed by atoms with Crippen LogP contribution in [0.25, 0.3) is 5.69 Å². The third-order valence-electron chi connectivity index (χ3n) is 5.59. The molecule has 0 bridgehead atoms. The summed E-state index contributed by atoms with van der Waals surface area (Å²) in [5, 5.41) is 3.89. The maximum Gasteiger partial charge on any atom is 0.230 e. The van der Waals surface area contributed by atoms with Gasteiger partial charge in [-0.3, -0.25) is 14.3 Å². The molecule has 0 radical (unpaired) electrons. The van der Waals surface area contributed by atoms with E-state index in [4.69, 9.17) is 0 Å². The first-order valence-electron chi connectivity index (χ1n) is 10.8. The van der Waals surface area contributed by atoms with Gasteiger partial charge in [-0.2, -0.15) is 0 Å². The van der Waals surface area contributed by atoms with E-state index in [1.54, 1.807) is 6.20 Å². The largest absolute Gasteiger partial charge is 0.351 e. The van der Waals surface area contributed by atoms with Gasteiger partial charge in [-0.25, -0.2) is 4.98 Å². The number of thioether (sulfide) groups is 1. The molecule has 0 aliphatic carbocycles. The molecule has 3 rings (SSSR count). The first-order valence-corrected chi connectivity index (χ1v) is 11.8. The van der Waals surface area contributed by atoms with Gasteiger partial charge in [0.1, 0.15) is 0 Å². The number of aromatic nitrogens is 2. The lowest BCUT2D eigenvalue weighted by molar-refractivity contribution is -0.118. The van der Waals surface area contributed by atoms with Crippen molar-refractivity contribution in [2.45, 2.75) is 45.9 Å². The number of imidazole rings is 1. The average molecular weight is 437 g/mol. The first-order chi connectivity index (χ1) is 15.0. The minimum Gasteiger partial charge on any atom is -0.351 e. The number of rotatable bonds is 10. The summed E-state index contributed by atoms with van der Waals surface area (Å²) in [6.07, 6.45) is 3.71. The number of amides is 1. The van der Waals surface area contributed by atoms with Crippen LogP contribution in [0.3, 0.4) is 0 Å². The number of carbonyl (C=O) groups excluding carboxylic acids is 1. The van der Waals surface area contributed by atoms with Gasteiger partial charge in [0.2, 0.25) is 5.91 Å². The predicted octanol–water partition coefficient (Wildman–Crippen LogP) is 4.74. The number of aryl methyl sites for hydroxylation is 2. The van der Waals surface area contributed by atoms with Crippen molar-refractivity contribution in [2.75, 3.05) is 18.8 Å². The molecule has 0 atom stereocenters. The van der Waals surface area contributed by atoms with E-state index in [2.05, 4.69) is 79.3 Å². The van der Waals surface area contributed by atoms with Crippen LogP contribution in [-0.2, 0) is 17.9 Å². The van der Waals surface area contributed by atoms with Crippen LogP contribution in [0.15, 0.2) is 60.0 Å². The van der Waals surface area contributed by atoms with Crippen LogP contribution in [0, 0.1) is 13.8 Å². The summed E-state index contributed by atoms with van der Waals surface area (Å²) in [6, 6.07) is 14.7. The minimum absolute atomic E-state index is 0.0114. The van der Waals surface area contributed by atoms with Crippen LogP contribution in [0.4, 0.5) is 0 Å². The molecule has 0 aliphatic heterocycles. The van der Waals surface area contributed by atoms with Crippen LogP contribution >= 0.6 is 11.8 Å². The number of benzene rings is 2. The van der Waals surface area contributed by atoms with Crippen LogP contribution in [0.1, 0.15) is 36.1 Å². The molecule has 5 nitrogen and oxygen atoms in total. The Kier molecular flexibility index (Phi) is 8.32. The Bertz CT molecular complexity index is 1010. The Morgan fingerprint density at radius 1 is 1.06 bits per heavy atom. The molecule has 0 aliphatic rings. The molecule has 1 N–H and O–H groups in total. The van der Waals surface area contributed by atoms with Crippen LogP contribution in [0.2, 0.25) is 0 Å². The van der Waals surface area contributed by atoms with E-state index in [0.29, 0.717) is 12.3 Å². The van der Waals surface area contributed by atoms with Gasteiger partial charge in [0.25, 0.3) is 0 Å². The lowest BCUT2D eigenvalue weighted by Gasteiger charge is -2.20. The zero-order valence-electron chi connectivity index (χ0n) is 18.9. The van der Waals surface area contributed by atoms with Gasteiger partial charge in [0.05, 0.1) is 5.75 Å². The second-order valence-corrected chi connectivity index (χ2v) is 8.59. The Morgan fingerprint density at radius 2 is 1.81 bits per heavy atom. The van der Waals surface area contributed by atoms with Gasteiger partial charge in [-0.1, -0.05) is 55.9 Å². The number of nitrogens with one attached hydrogen (secondary N) is 1. The fourth-order valence-corrected chi connectivity index (χ4v) is 4.22. The lowest BCUT2D eigenvalue weighted by atomic mass is 10.1. The Balaban J connectivity index is 1.58. The minimum atomic E-state index is 0.0114. The van der Waals surface area contributed by atoms with Crippen molar-refractivity contribution in [3.05, 3.63) is 77.1 Å². The van der Waals surface area contributed by atoms with Gasteiger partial charge in [0, 0.05) is 31.2 Å². The van der Waals surface area contributed by atoms with Crippen molar-refractivity contribution in [2.24, 2.45) is 0 Å². The molecule has 2 aromatic carbocycles. The van der Waals surface area contributed by atoms with Crippen molar-refractivity contribution in [1.29, 1.82) is 0 Å². The molecule has 31 heavy (non-hydrogen) atoms. The average Bonchev–Trinajstić information content (AvgIpc) is 3.25. The number of carbonyl (C=O) groups is 1. The van der Waals surface area contributed by atoms with E-state index in [0.717, 1.165) is 30.5 Å². The SMILES string of the molecule is CCN(CC)Cc1ccccc1CNC(=O)CSc1nccn1-c1ccc(C)c(C)c1. The zero-order valence-corrected chi connectivity index (χ0v) is 19.7. The lowest BCUT2D eigenvalue weighted by Crippen LogP contribution is -2.27. The summed E-state index contributed by atoms with van der Waals surface area (Å²) < 4.78 is 2.03. The van der Waals surface area contributed by atoms with Crippen molar-refractivity contribution >= 4 is 17.7 Å². The van der Waals surface area contributed by atoms with Gasteiger partial charge >= 0.3 is 0 Å². The number of hydrogen-bond donors (Lipinski definition) is 1. The molecule has 1 amide bonds. The smallest absolute Gasteiger partial charge is 0.230 e. The summed E-state index contributed by atoms with van der Waals surface area (Å²) in [7, 11) is 0. The highest BCUT2D eigenvalue weighted by molar-refractivity contribution is 7.99. The summed E-state index contributed by atoms with van der Waals surface area (Å²) >= 11 is 1.46. The van der Waals surface area contributed by atoms with E-state index in [1.807, 2.05) is 16.8 Å². The fourth-order valence-electron chi connectivity index (χ4n) is 3.42. The molecule has 3 aromatic rings. The number of nitrogens with zero attached hydrogens (tertiary/aromatic N) is 3. The Morgan fingerprint density at radius 3 is 2.52 bits per heavy atom. The monoisotopic (exact) mass is 436 g/mol. The standard InChI is InChI=1S/C25H32N4OS/c1-5-28(6-2)17-22-10-8-7-9-21(22)16-27-24(30)18-31-25-26-13-14-29(25)23-12-11-19(3)20(4)15-23/h7-15H,5-6,16-18H2,1-4H3,(H,27,30). The maximum atomic E-state index is 12.5. The number of hydrogen-bond acceptors (Lipinski definition) is 4. The molecule has 0 spiro atoms. The van der Waals surface area contributed by atoms with E-state index in [-0.39, 0.29) is 5.91 Å². The van der Waals surface area contributed by atoms with E-state index in [1.165, 1.54) is 34.0 Å². The van der Waals surface area contributed by atoms with E-state index in [9.17, 15) is 4.79 Å². The predicted molar refractivity (Wildman–Crippen MR) is 129 cm³/mol. The highest BCUT2D eigenvalue weighted by Gasteiger charge is 2.11. The second kappa shape index (κ2) is 11.2. The topological polar surface area (TPSA) is 50.2 Å². The summed E-state index contributed by atoms with van der Waals surface area (Å²) in [5.41, 5.74) is 6.00. The van der Waals surface area contributed by atoms with Crippen LogP contribution < -0.4 is 5.32 Å². The Hall–Kier alpha value is -2.57. The van der Waals surface area contributed by atoms with Gasteiger partial charge < -0.3 is 5.32 Å². The zero-order chi connectivity index (χ0) is 22.2. The van der Waals surface area contributed by atoms with E-state index < -0.39 is 0 Å². The fraction of sp³-hybridized carbons (Fsp3) is 0.360. The normalized spacial score (nSPS) is 11.1. The summed E-state index contributed by atoms with van der Waals surface area (Å²) in [5.74, 6) is 0.345. The van der Waals surface area contributed by atoms with Crippen molar-refractivity contribution in [3.63, 3.8) is 0 Å². The molecule has 6 heteroatoms. The molecule has 1 heterocycles. The highest BCUT2D eigenvalue weighted by Crippen LogP contribution is 2.22. The third kappa shape index (κ3) is 6.21. The Labute approximate surface area is 189 Å². The summed E-state index contributed by atoms with van der Waals surface area (Å²) in [4.78, 5) is 19.3. The van der Waals surface area contributed by atoms with Crippen LogP contribution in [0.5, 0.6) is 0 Å². The van der Waals surface area contributed by atoms with Crippen molar-refractivity contribution in [1.82, 2.24) is 19.8 Å². The van der Waals surface area contributed by atoms with Crippen molar-refractivity contribution in [3.8, 4) is 5.69 Å². The molecule has 164 valence electrons. The molecular formula is C25H32N4OS. The van der Waals surface area contributed by atoms with Gasteiger partial charge in [-0.15, -0.1) is 0 Å². The molecule has 0 saturated carbocycles. The maximum absolute atomic E-state index is 12.5. The molecule has 0 unspecified atom stereocenters. The van der Waals surface area contributed by atoms with Gasteiger partial charge in [-0.05, 0) is 61.3 Å². The molecule has 1 aromatic heterocycles. The van der Waals surface area contributed by atoms with Crippen LogP contribution in [-0.4, -0.2) is 39.2 Å². The van der Waals surface area contributed by atoms with E-state index >= 15 is 0 Å². The first kappa shape index (κ1) is 23.1. The quantitative estimate of drug-likeness (QED) is 0.467. The molecular weight excluding hydrogens is 404 g/mol. The second-order valence-electron chi connectivity index (χ2n) is 7.64. The summed E-state index contributed by atoms with van der Waals surface area (Å²) in [6.45, 7) is 12.0. The molecule has 0 fully saturated rings. The van der Waals surface area contributed by atoms with Crippen molar-refractivity contribution < 1.29 is 4.79 Å².